The molecule has 2 fully saturated rings. The van der Waals surface area contributed by atoms with Crippen LogP contribution in [0.25, 0.3) is 0 Å². The van der Waals surface area contributed by atoms with Gasteiger partial charge >= 0.3 is 5.97 Å². The molecule has 0 radical (unpaired) electrons. The van der Waals surface area contributed by atoms with Crippen molar-refractivity contribution in [2.45, 2.75) is 57.4 Å². The highest BCUT2D eigenvalue weighted by molar-refractivity contribution is 5.81. The summed E-state index contributed by atoms with van der Waals surface area (Å²) in [5.41, 5.74) is 0.869. The quantitative estimate of drug-likeness (QED) is 0.602. The summed E-state index contributed by atoms with van der Waals surface area (Å²) in [5, 5.41) is 0. The second-order valence-electron chi connectivity index (χ2n) is 8.04. The Balaban J connectivity index is 1.51. The summed E-state index contributed by atoms with van der Waals surface area (Å²) in [7, 11) is 4.66. The monoisotopic (exact) mass is 419 g/mol. The molecule has 3 rings (SSSR count). The Morgan fingerprint density at radius 3 is 2.30 bits per heavy atom. The zero-order valence-corrected chi connectivity index (χ0v) is 18.3. The molecule has 0 spiro atoms. The summed E-state index contributed by atoms with van der Waals surface area (Å²) in [6.07, 6.45) is 7.62. The average molecular weight is 420 g/mol. The Morgan fingerprint density at radius 1 is 0.967 bits per heavy atom. The van der Waals surface area contributed by atoms with Gasteiger partial charge in [-0.2, -0.15) is 0 Å². The second-order valence-corrected chi connectivity index (χ2v) is 8.04. The lowest BCUT2D eigenvalue weighted by Crippen LogP contribution is -2.50. The lowest BCUT2D eigenvalue weighted by atomic mass is 9.78. The molecule has 1 amide bonds. The van der Waals surface area contributed by atoms with E-state index in [2.05, 4.69) is 0 Å². The molecule has 2 aliphatic rings. The molecule has 166 valence electrons. The number of esters is 1. The van der Waals surface area contributed by atoms with Crippen LogP contribution in [0.2, 0.25) is 0 Å². The highest BCUT2D eigenvalue weighted by Crippen LogP contribution is 2.38. The second kappa shape index (κ2) is 10.5. The van der Waals surface area contributed by atoms with Crippen LogP contribution in [0.4, 0.5) is 0 Å². The molecule has 7 heteroatoms. The molecule has 7 nitrogen and oxygen atoms in total. The van der Waals surface area contributed by atoms with E-state index in [-0.39, 0.29) is 24.9 Å². The van der Waals surface area contributed by atoms with E-state index in [1.54, 1.807) is 21.3 Å². The fraction of sp³-hybridized carbons (Fsp3) is 0.652. The number of ether oxygens (including phenoxy) is 4. The van der Waals surface area contributed by atoms with Crippen LogP contribution in [0.15, 0.2) is 12.1 Å². The molecule has 2 atom stereocenters. The predicted octanol–water partition coefficient (Wildman–Crippen LogP) is 3.37. The number of fused-ring (bicyclic) bond motifs is 1. The number of hydrogen-bond acceptors (Lipinski definition) is 6. The number of piperidine rings is 1. The third-order valence-corrected chi connectivity index (χ3v) is 6.26. The van der Waals surface area contributed by atoms with Gasteiger partial charge in [-0.25, -0.2) is 0 Å². The lowest BCUT2D eigenvalue weighted by Gasteiger charge is -2.44. The summed E-state index contributed by atoms with van der Waals surface area (Å²) in [6, 6.07) is 3.96. The fourth-order valence-electron chi connectivity index (χ4n) is 4.76. The fourth-order valence-corrected chi connectivity index (χ4v) is 4.76. The van der Waals surface area contributed by atoms with Crippen LogP contribution in [0.5, 0.6) is 17.2 Å². The molecule has 0 bridgehead atoms. The summed E-state index contributed by atoms with van der Waals surface area (Å²) < 4.78 is 21.3. The Labute approximate surface area is 178 Å². The number of methoxy groups -OCH3 is 3. The average Bonchev–Trinajstić information content (AvgIpc) is 2.79. The van der Waals surface area contributed by atoms with Crippen LogP contribution in [0.1, 0.15) is 50.5 Å². The van der Waals surface area contributed by atoms with Gasteiger partial charge in [0.1, 0.15) is 0 Å². The first-order valence-electron chi connectivity index (χ1n) is 10.8. The van der Waals surface area contributed by atoms with Gasteiger partial charge < -0.3 is 23.8 Å². The molecule has 1 saturated heterocycles. The first-order chi connectivity index (χ1) is 14.6. The van der Waals surface area contributed by atoms with Crippen molar-refractivity contribution in [2.75, 3.05) is 34.5 Å². The molecule has 1 aliphatic heterocycles. The maximum atomic E-state index is 12.7. The van der Waals surface area contributed by atoms with Crippen LogP contribution in [0.3, 0.4) is 0 Å². The SMILES string of the molecule is COc1cc(CCC(=O)OCC(=O)N2CCC[C@H]3CCCC[C@@H]32)cc(OC)c1OC. The van der Waals surface area contributed by atoms with Crippen molar-refractivity contribution in [1.82, 2.24) is 4.90 Å². The smallest absolute Gasteiger partial charge is 0.306 e. The molecule has 1 aromatic rings. The van der Waals surface area contributed by atoms with E-state index < -0.39 is 0 Å². The minimum atomic E-state index is -0.380. The first kappa shape index (κ1) is 22.2. The van der Waals surface area contributed by atoms with Crippen molar-refractivity contribution < 1.29 is 28.5 Å². The first-order valence-corrected chi connectivity index (χ1v) is 10.8. The Bertz CT molecular complexity index is 722. The Morgan fingerprint density at radius 2 is 1.63 bits per heavy atom. The van der Waals surface area contributed by atoms with Crippen LogP contribution >= 0.6 is 0 Å². The molecule has 1 saturated carbocycles. The highest BCUT2D eigenvalue weighted by atomic mass is 16.5. The number of nitrogens with zero attached hydrogens (tertiary/aromatic N) is 1. The van der Waals surface area contributed by atoms with Gasteiger partial charge in [0.2, 0.25) is 5.75 Å². The van der Waals surface area contributed by atoms with E-state index in [0.29, 0.717) is 35.6 Å². The van der Waals surface area contributed by atoms with E-state index in [9.17, 15) is 9.59 Å². The molecule has 0 N–H and O–H groups in total. The number of aryl methyl sites for hydroxylation is 1. The highest BCUT2D eigenvalue weighted by Gasteiger charge is 2.35. The minimum absolute atomic E-state index is 0.0623. The Kier molecular flexibility index (Phi) is 7.82. The van der Waals surface area contributed by atoms with Gasteiger partial charge in [0.05, 0.1) is 21.3 Å². The van der Waals surface area contributed by atoms with Gasteiger partial charge in [-0.05, 0) is 55.7 Å². The van der Waals surface area contributed by atoms with Gasteiger partial charge in [0, 0.05) is 19.0 Å². The van der Waals surface area contributed by atoms with Crippen LogP contribution in [-0.2, 0) is 20.7 Å². The standard InChI is InChI=1S/C23H33NO6/c1-27-19-13-16(14-20(28-2)23(19)29-3)10-11-22(26)30-15-21(25)24-12-6-8-17-7-4-5-9-18(17)24/h13-14,17-18H,4-12,15H2,1-3H3/t17-,18+/m1/s1. The van der Waals surface area contributed by atoms with E-state index in [1.165, 1.54) is 25.7 Å². The summed E-state index contributed by atoms with van der Waals surface area (Å²) >= 11 is 0. The zero-order valence-electron chi connectivity index (χ0n) is 18.3. The van der Waals surface area contributed by atoms with E-state index in [0.717, 1.165) is 24.9 Å². The van der Waals surface area contributed by atoms with Gasteiger partial charge in [-0.15, -0.1) is 0 Å². The molecular formula is C23H33NO6. The summed E-state index contributed by atoms with van der Waals surface area (Å²) in [5.74, 6) is 1.78. The Hall–Kier alpha value is -2.44. The number of benzene rings is 1. The molecule has 1 heterocycles. The molecule has 1 aliphatic carbocycles. The van der Waals surface area contributed by atoms with Crippen molar-refractivity contribution in [3.05, 3.63) is 17.7 Å². The van der Waals surface area contributed by atoms with Crippen LogP contribution in [0, 0.1) is 5.92 Å². The maximum absolute atomic E-state index is 12.7. The number of rotatable bonds is 8. The number of amides is 1. The van der Waals surface area contributed by atoms with Crippen molar-refractivity contribution >= 4 is 11.9 Å². The maximum Gasteiger partial charge on any atom is 0.306 e. The molecule has 0 aromatic heterocycles. The van der Waals surface area contributed by atoms with Crippen molar-refractivity contribution in [1.29, 1.82) is 0 Å². The minimum Gasteiger partial charge on any atom is -0.493 e. The van der Waals surface area contributed by atoms with E-state index in [1.807, 2.05) is 17.0 Å². The number of carbonyl (C=O) groups is 2. The largest absolute Gasteiger partial charge is 0.493 e. The van der Waals surface area contributed by atoms with Crippen molar-refractivity contribution in [3.63, 3.8) is 0 Å². The molecule has 0 unspecified atom stereocenters. The normalized spacial score (nSPS) is 20.8. The van der Waals surface area contributed by atoms with E-state index in [4.69, 9.17) is 18.9 Å². The third kappa shape index (κ3) is 5.18. The van der Waals surface area contributed by atoms with Gasteiger partial charge in [0.15, 0.2) is 18.1 Å². The van der Waals surface area contributed by atoms with Gasteiger partial charge in [-0.1, -0.05) is 12.8 Å². The molecule has 30 heavy (non-hydrogen) atoms. The molecular weight excluding hydrogens is 386 g/mol. The van der Waals surface area contributed by atoms with Crippen molar-refractivity contribution in [3.8, 4) is 17.2 Å². The van der Waals surface area contributed by atoms with Crippen molar-refractivity contribution in [2.24, 2.45) is 5.92 Å². The van der Waals surface area contributed by atoms with Crippen LogP contribution < -0.4 is 14.2 Å². The van der Waals surface area contributed by atoms with Gasteiger partial charge in [0.25, 0.3) is 5.91 Å². The summed E-state index contributed by atoms with van der Waals surface area (Å²) in [6.45, 7) is 0.611. The third-order valence-electron chi connectivity index (χ3n) is 6.26. The predicted molar refractivity (Wildman–Crippen MR) is 112 cm³/mol. The topological polar surface area (TPSA) is 74.3 Å². The number of carbonyl (C=O) groups excluding carboxylic acids is 2. The van der Waals surface area contributed by atoms with Crippen LogP contribution in [-0.4, -0.2) is 57.3 Å². The lowest BCUT2D eigenvalue weighted by molar-refractivity contribution is -0.154. The number of likely N-dealkylation sites (tertiary alicyclic amines) is 1. The zero-order chi connectivity index (χ0) is 21.5. The van der Waals surface area contributed by atoms with E-state index >= 15 is 0 Å². The number of hydrogen-bond donors (Lipinski definition) is 0. The summed E-state index contributed by atoms with van der Waals surface area (Å²) in [4.78, 5) is 26.9. The molecule has 1 aromatic carbocycles. The van der Waals surface area contributed by atoms with Gasteiger partial charge in [-0.3, -0.25) is 9.59 Å².